The largest absolute Gasteiger partial charge is 0.142 e. The van der Waals surface area contributed by atoms with Gasteiger partial charge in [-0.25, -0.2) is 0 Å². The van der Waals surface area contributed by atoms with E-state index in [1.165, 1.54) is 33.0 Å². The average molecular weight is 346 g/mol. The van der Waals surface area contributed by atoms with Crippen molar-refractivity contribution in [3.63, 3.8) is 0 Å². The number of alkyl halides is 1. The number of hydrogen-bond donors (Lipinski definition) is 0. The van der Waals surface area contributed by atoms with Crippen molar-refractivity contribution in [1.82, 2.24) is 0 Å². The molecule has 0 nitrogen and oxygen atoms in total. The fourth-order valence-electron chi connectivity index (χ4n) is 1.90. The van der Waals surface area contributed by atoms with E-state index in [1.54, 1.807) is 0 Å². The fraction of sp³-hybridized carbons (Fsp3) is 0.333. The molecule has 1 unspecified atom stereocenters. The molecule has 1 saturated carbocycles. The molecule has 2 aromatic rings. The van der Waals surface area contributed by atoms with Crippen molar-refractivity contribution < 1.29 is 0 Å². The first-order valence-corrected chi connectivity index (χ1v) is 7.66. The molecule has 0 radical (unpaired) electrons. The van der Waals surface area contributed by atoms with Crippen molar-refractivity contribution in [2.45, 2.75) is 17.7 Å². The van der Waals surface area contributed by atoms with E-state index in [1.807, 2.05) is 11.3 Å². The summed E-state index contributed by atoms with van der Waals surface area (Å²) >= 11 is 9.27. The minimum Gasteiger partial charge on any atom is -0.142 e. The van der Waals surface area contributed by atoms with Gasteiger partial charge in [-0.3, -0.25) is 0 Å². The molecule has 1 aliphatic carbocycles. The lowest BCUT2D eigenvalue weighted by molar-refractivity contribution is 0.831. The zero-order chi connectivity index (χ0) is 10.4. The second-order valence-corrected chi connectivity index (χ2v) is 6.77. The monoisotopic (exact) mass is 344 g/mol. The topological polar surface area (TPSA) is 0 Å². The molecule has 0 amide bonds. The molecule has 0 spiro atoms. The van der Waals surface area contributed by atoms with Crippen LogP contribution in [0.3, 0.4) is 0 Å². The van der Waals surface area contributed by atoms with Gasteiger partial charge in [0.15, 0.2) is 0 Å². The Balaban J connectivity index is 2.15. The van der Waals surface area contributed by atoms with Gasteiger partial charge in [-0.2, -0.15) is 0 Å². The third kappa shape index (κ3) is 1.79. The van der Waals surface area contributed by atoms with E-state index in [0.29, 0.717) is 4.83 Å². The van der Waals surface area contributed by atoms with Crippen LogP contribution in [0.1, 0.15) is 23.2 Å². The van der Waals surface area contributed by atoms with Gasteiger partial charge in [-0.1, -0.05) is 28.1 Å². The van der Waals surface area contributed by atoms with Crippen LogP contribution in [0.25, 0.3) is 10.1 Å². The predicted octanol–water partition coefficient (Wildman–Crippen LogP) is 5.51. The highest BCUT2D eigenvalue weighted by atomic mass is 79.9. The Morgan fingerprint density at radius 2 is 2.13 bits per heavy atom. The van der Waals surface area contributed by atoms with Crippen LogP contribution in [0, 0.1) is 5.92 Å². The lowest BCUT2D eigenvalue weighted by atomic mass is 10.1. The van der Waals surface area contributed by atoms with Crippen LogP contribution in [0.2, 0.25) is 0 Å². The molecular formula is C12H10Br2S. The highest BCUT2D eigenvalue weighted by Gasteiger charge is 2.31. The summed E-state index contributed by atoms with van der Waals surface area (Å²) < 4.78 is 2.59. The Kier molecular flexibility index (Phi) is 2.65. The normalized spacial score (nSPS) is 18.3. The van der Waals surface area contributed by atoms with Crippen LogP contribution in [-0.4, -0.2) is 0 Å². The van der Waals surface area contributed by atoms with Crippen molar-refractivity contribution in [1.29, 1.82) is 0 Å². The van der Waals surface area contributed by atoms with E-state index in [-0.39, 0.29) is 0 Å². The zero-order valence-corrected chi connectivity index (χ0v) is 12.0. The molecule has 0 bridgehead atoms. The van der Waals surface area contributed by atoms with Gasteiger partial charge in [-0.15, -0.1) is 11.3 Å². The summed E-state index contributed by atoms with van der Waals surface area (Å²) in [5.41, 5.74) is 1.47. The maximum absolute atomic E-state index is 3.83. The number of thiophene rings is 1. The molecule has 15 heavy (non-hydrogen) atoms. The number of halogens is 2. The second-order valence-electron chi connectivity index (χ2n) is 4.05. The van der Waals surface area contributed by atoms with Crippen molar-refractivity contribution >= 4 is 53.3 Å². The summed E-state index contributed by atoms with van der Waals surface area (Å²) in [5, 5.41) is 3.70. The molecular weight excluding hydrogens is 336 g/mol. The third-order valence-electron chi connectivity index (χ3n) is 2.91. The first-order valence-electron chi connectivity index (χ1n) is 5.07. The van der Waals surface area contributed by atoms with E-state index in [4.69, 9.17) is 0 Å². The number of fused-ring (bicyclic) bond motifs is 1. The molecule has 0 N–H and O–H groups in total. The van der Waals surface area contributed by atoms with Crippen LogP contribution in [0.4, 0.5) is 0 Å². The van der Waals surface area contributed by atoms with Gasteiger partial charge in [0.05, 0.1) is 0 Å². The van der Waals surface area contributed by atoms with Gasteiger partial charge in [0.1, 0.15) is 0 Å². The summed E-state index contributed by atoms with van der Waals surface area (Å²) in [6.07, 6.45) is 2.75. The molecule has 78 valence electrons. The van der Waals surface area contributed by atoms with Crippen molar-refractivity contribution in [2.75, 3.05) is 0 Å². The fourth-order valence-corrected chi connectivity index (χ4v) is 4.64. The van der Waals surface area contributed by atoms with Gasteiger partial charge >= 0.3 is 0 Å². The minimum atomic E-state index is 0.556. The molecule has 3 heteroatoms. The van der Waals surface area contributed by atoms with E-state index in [0.717, 1.165) is 5.92 Å². The molecule has 1 fully saturated rings. The van der Waals surface area contributed by atoms with E-state index < -0.39 is 0 Å². The quantitative estimate of drug-likeness (QED) is 0.629. The maximum atomic E-state index is 3.83. The lowest BCUT2D eigenvalue weighted by Gasteiger charge is -2.06. The molecule has 1 aliphatic rings. The van der Waals surface area contributed by atoms with Crippen LogP contribution < -0.4 is 0 Å². The highest BCUT2D eigenvalue weighted by molar-refractivity contribution is 9.10. The maximum Gasteiger partial charge on any atom is 0.0488 e. The number of benzene rings is 1. The van der Waals surface area contributed by atoms with E-state index in [2.05, 4.69) is 55.4 Å². The van der Waals surface area contributed by atoms with E-state index >= 15 is 0 Å². The number of rotatable bonds is 2. The summed E-state index contributed by atoms with van der Waals surface area (Å²) in [7, 11) is 0. The Hall–Kier alpha value is 0.140. The predicted molar refractivity (Wildman–Crippen MR) is 73.9 cm³/mol. The summed E-state index contributed by atoms with van der Waals surface area (Å²) in [6.45, 7) is 0. The third-order valence-corrected chi connectivity index (χ3v) is 6.13. The molecule has 1 heterocycles. The minimum absolute atomic E-state index is 0.556. The van der Waals surface area contributed by atoms with Crippen LogP contribution >= 0.6 is 43.2 Å². The summed E-state index contributed by atoms with van der Waals surface area (Å²) in [4.78, 5) is 0.556. The van der Waals surface area contributed by atoms with Crippen LogP contribution in [0.15, 0.2) is 28.1 Å². The molecule has 0 saturated heterocycles. The molecule has 3 rings (SSSR count). The summed E-state index contributed by atoms with van der Waals surface area (Å²) in [5.74, 6) is 0.863. The first-order chi connectivity index (χ1) is 7.27. The van der Waals surface area contributed by atoms with Gasteiger partial charge < -0.3 is 0 Å². The average Bonchev–Trinajstić information content (AvgIpc) is 2.98. The molecule has 1 atom stereocenters. The smallest absolute Gasteiger partial charge is 0.0488 e. The first kappa shape index (κ1) is 10.3. The highest BCUT2D eigenvalue weighted by Crippen LogP contribution is 2.49. The zero-order valence-electron chi connectivity index (χ0n) is 8.04. The summed E-state index contributed by atoms with van der Waals surface area (Å²) in [6, 6.07) is 6.46. The van der Waals surface area contributed by atoms with Crippen molar-refractivity contribution in [3.05, 3.63) is 33.6 Å². The van der Waals surface area contributed by atoms with Crippen LogP contribution in [-0.2, 0) is 0 Å². The Morgan fingerprint density at radius 1 is 1.33 bits per heavy atom. The second kappa shape index (κ2) is 3.86. The molecule has 1 aromatic carbocycles. The van der Waals surface area contributed by atoms with E-state index in [9.17, 15) is 0 Å². The number of hydrogen-bond acceptors (Lipinski definition) is 1. The van der Waals surface area contributed by atoms with Gasteiger partial charge in [0, 0.05) is 14.0 Å². The van der Waals surface area contributed by atoms with Crippen molar-refractivity contribution in [3.8, 4) is 0 Å². The molecule has 0 aliphatic heterocycles. The molecule has 1 aromatic heterocycles. The SMILES string of the molecule is Brc1cccc2c(C(Br)C3CC3)csc12. The van der Waals surface area contributed by atoms with Gasteiger partial charge in [0.2, 0.25) is 0 Å². The Morgan fingerprint density at radius 3 is 2.87 bits per heavy atom. The Labute approximate surface area is 110 Å². The van der Waals surface area contributed by atoms with Crippen LogP contribution in [0.5, 0.6) is 0 Å². The standard InChI is InChI=1S/C12H10Br2S/c13-10-3-1-2-8-9(6-15-12(8)10)11(14)7-4-5-7/h1-3,6-7,11H,4-5H2. The van der Waals surface area contributed by atoms with Crippen molar-refractivity contribution in [2.24, 2.45) is 5.92 Å². The lowest BCUT2D eigenvalue weighted by Crippen LogP contribution is -1.89. The van der Waals surface area contributed by atoms with Gasteiger partial charge in [-0.05, 0) is 57.1 Å². The Bertz CT molecular complexity index is 499. The van der Waals surface area contributed by atoms with Gasteiger partial charge in [0.25, 0.3) is 0 Å².